The zero-order valence-electron chi connectivity index (χ0n) is 13.1. The largest absolute Gasteiger partial charge is 0.339 e. The van der Waals surface area contributed by atoms with Gasteiger partial charge >= 0.3 is 0 Å². The second-order valence-corrected chi connectivity index (χ2v) is 6.21. The molecule has 0 saturated carbocycles. The van der Waals surface area contributed by atoms with Crippen LogP contribution >= 0.6 is 11.6 Å². The predicted molar refractivity (Wildman–Crippen MR) is 87.7 cm³/mol. The van der Waals surface area contributed by atoms with E-state index in [1.54, 1.807) is 11.0 Å². The number of hydrogen-bond donors (Lipinski definition) is 1. The van der Waals surface area contributed by atoms with Crippen molar-refractivity contribution < 1.29 is 9.32 Å². The Hall–Kier alpha value is -1.92. The fourth-order valence-electron chi connectivity index (χ4n) is 2.67. The molecule has 3 rings (SSSR count). The molecule has 2 atom stereocenters. The van der Waals surface area contributed by atoms with Gasteiger partial charge in [0.2, 0.25) is 11.8 Å². The SMILES string of the molecule is CNC(C)Cc1noc(C2CC(=O)N(c3ccccc3Cl)C2)n1. The second kappa shape index (κ2) is 6.68. The molecule has 0 aliphatic carbocycles. The van der Waals surface area contributed by atoms with E-state index >= 15 is 0 Å². The molecule has 2 heterocycles. The second-order valence-electron chi connectivity index (χ2n) is 5.80. The molecule has 1 aromatic carbocycles. The quantitative estimate of drug-likeness (QED) is 0.909. The molecular formula is C16H19ClN4O2. The molecule has 23 heavy (non-hydrogen) atoms. The van der Waals surface area contributed by atoms with Gasteiger partial charge < -0.3 is 14.7 Å². The number of carbonyl (C=O) groups excluding carboxylic acids is 1. The van der Waals surface area contributed by atoms with E-state index in [0.717, 1.165) is 5.69 Å². The van der Waals surface area contributed by atoms with Crippen LogP contribution in [0.3, 0.4) is 0 Å². The Labute approximate surface area is 139 Å². The van der Waals surface area contributed by atoms with Gasteiger partial charge in [0, 0.05) is 25.4 Å². The van der Waals surface area contributed by atoms with Crippen LogP contribution in [0, 0.1) is 0 Å². The maximum absolute atomic E-state index is 12.3. The molecule has 0 spiro atoms. The summed E-state index contributed by atoms with van der Waals surface area (Å²) in [7, 11) is 1.89. The normalized spacial score (nSPS) is 19.3. The Morgan fingerprint density at radius 1 is 1.48 bits per heavy atom. The summed E-state index contributed by atoms with van der Waals surface area (Å²) in [4.78, 5) is 18.4. The number of benzene rings is 1. The smallest absolute Gasteiger partial charge is 0.232 e. The number of likely N-dealkylation sites (N-methyl/N-ethyl adjacent to an activating group) is 1. The van der Waals surface area contributed by atoms with E-state index in [1.807, 2.05) is 32.2 Å². The summed E-state index contributed by atoms with van der Waals surface area (Å²) in [6.45, 7) is 2.56. The van der Waals surface area contributed by atoms with Gasteiger partial charge in [-0.15, -0.1) is 0 Å². The molecule has 7 heteroatoms. The van der Waals surface area contributed by atoms with Crippen molar-refractivity contribution in [3.63, 3.8) is 0 Å². The highest BCUT2D eigenvalue weighted by Crippen LogP contribution is 2.34. The number of carbonyl (C=O) groups is 1. The third kappa shape index (κ3) is 3.38. The predicted octanol–water partition coefficient (Wildman–Crippen LogP) is 2.39. The van der Waals surface area contributed by atoms with Gasteiger partial charge in [0.25, 0.3) is 0 Å². The lowest BCUT2D eigenvalue weighted by atomic mass is 10.1. The molecular weight excluding hydrogens is 316 g/mol. The summed E-state index contributed by atoms with van der Waals surface area (Å²) in [6, 6.07) is 7.60. The molecule has 1 amide bonds. The van der Waals surface area contributed by atoms with Crippen molar-refractivity contribution in [2.45, 2.75) is 31.7 Å². The Morgan fingerprint density at radius 3 is 3.00 bits per heavy atom. The Bertz CT molecular complexity index is 703. The minimum Gasteiger partial charge on any atom is -0.339 e. The van der Waals surface area contributed by atoms with Gasteiger partial charge in [-0.3, -0.25) is 4.79 Å². The average Bonchev–Trinajstić information content (AvgIpc) is 3.14. The van der Waals surface area contributed by atoms with Crippen molar-refractivity contribution in [2.24, 2.45) is 0 Å². The Balaban J connectivity index is 1.74. The average molecular weight is 335 g/mol. The van der Waals surface area contributed by atoms with Crippen molar-refractivity contribution >= 4 is 23.2 Å². The standard InChI is InChI=1S/C16H19ClN4O2/c1-10(18-2)7-14-19-16(23-20-14)11-8-15(22)21(9-11)13-6-4-3-5-12(13)17/h3-6,10-11,18H,7-9H2,1-2H3. The van der Waals surface area contributed by atoms with E-state index in [9.17, 15) is 4.79 Å². The van der Waals surface area contributed by atoms with Gasteiger partial charge in [-0.2, -0.15) is 4.98 Å². The molecule has 0 radical (unpaired) electrons. The van der Waals surface area contributed by atoms with Crippen LogP contribution in [-0.2, 0) is 11.2 Å². The van der Waals surface area contributed by atoms with Gasteiger partial charge in [-0.25, -0.2) is 0 Å². The van der Waals surface area contributed by atoms with Crippen molar-refractivity contribution in [1.29, 1.82) is 0 Å². The highest BCUT2D eigenvalue weighted by molar-refractivity contribution is 6.33. The van der Waals surface area contributed by atoms with Crippen LogP contribution in [0.2, 0.25) is 5.02 Å². The number of nitrogens with zero attached hydrogens (tertiary/aromatic N) is 3. The van der Waals surface area contributed by atoms with Crippen LogP contribution in [0.4, 0.5) is 5.69 Å². The third-order valence-corrected chi connectivity index (χ3v) is 4.40. The summed E-state index contributed by atoms with van der Waals surface area (Å²) < 4.78 is 5.36. The van der Waals surface area contributed by atoms with Crippen LogP contribution in [0.15, 0.2) is 28.8 Å². The van der Waals surface area contributed by atoms with E-state index in [-0.39, 0.29) is 17.9 Å². The first-order valence-corrected chi connectivity index (χ1v) is 8.01. The van der Waals surface area contributed by atoms with E-state index in [2.05, 4.69) is 15.5 Å². The third-order valence-electron chi connectivity index (χ3n) is 4.08. The van der Waals surface area contributed by atoms with E-state index in [0.29, 0.717) is 36.1 Å². The summed E-state index contributed by atoms with van der Waals surface area (Å²) in [5.74, 6) is 1.10. The Morgan fingerprint density at radius 2 is 2.26 bits per heavy atom. The van der Waals surface area contributed by atoms with Crippen LogP contribution in [0.1, 0.15) is 31.0 Å². The molecule has 1 fully saturated rings. The first-order valence-electron chi connectivity index (χ1n) is 7.63. The first-order chi connectivity index (χ1) is 11.1. The van der Waals surface area contributed by atoms with Crippen LogP contribution in [-0.4, -0.2) is 35.7 Å². The Kier molecular flexibility index (Phi) is 4.63. The summed E-state index contributed by atoms with van der Waals surface area (Å²) in [5, 5.41) is 7.71. The van der Waals surface area contributed by atoms with Gasteiger partial charge in [-0.1, -0.05) is 28.9 Å². The molecule has 1 aliphatic rings. The molecule has 122 valence electrons. The lowest BCUT2D eigenvalue weighted by Gasteiger charge is -2.17. The minimum atomic E-state index is -0.0927. The maximum atomic E-state index is 12.3. The lowest BCUT2D eigenvalue weighted by molar-refractivity contribution is -0.117. The van der Waals surface area contributed by atoms with Gasteiger partial charge in [-0.05, 0) is 26.1 Å². The number of nitrogens with one attached hydrogen (secondary N) is 1. The molecule has 2 aromatic rings. The molecule has 1 saturated heterocycles. The van der Waals surface area contributed by atoms with Crippen LogP contribution in [0.25, 0.3) is 0 Å². The highest BCUT2D eigenvalue weighted by Gasteiger charge is 2.35. The monoisotopic (exact) mass is 334 g/mol. The highest BCUT2D eigenvalue weighted by atomic mass is 35.5. The van der Waals surface area contributed by atoms with E-state index in [4.69, 9.17) is 16.1 Å². The zero-order chi connectivity index (χ0) is 16.4. The van der Waals surface area contributed by atoms with Gasteiger partial charge in [0.1, 0.15) is 0 Å². The molecule has 6 nitrogen and oxygen atoms in total. The zero-order valence-corrected chi connectivity index (χ0v) is 13.9. The number of amides is 1. The minimum absolute atomic E-state index is 0.0199. The van der Waals surface area contributed by atoms with Crippen molar-refractivity contribution in [2.75, 3.05) is 18.5 Å². The molecule has 2 unspecified atom stereocenters. The number of aromatic nitrogens is 2. The lowest BCUT2D eigenvalue weighted by Crippen LogP contribution is -2.24. The maximum Gasteiger partial charge on any atom is 0.232 e. The molecule has 0 bridgehead atoms. The fraction of sp³-hybridized carbons (Fsp3) is 0.438. The summed E-state index contributed by atoms with van der Waals surface area (Å²) >= 11 is 6.19. The fourth-order valence-corrected chi connectivity index (χ4v) is 2.91. The number of halogens is 1. The van der Waals surface area contributed by atoms with Crippen molar-refractivity contribution in [3.05, 3.63) is 41.0 Å². The van der Waals surface area contributed by atoms with Gasteiger partial charge in [0.15, 0.2) is 5.82 Å². The summed E-state index contributed by atoms with van der Waals surface area (Å²) in [5.41, 5.74) is 0.727. The topological polar surface area (TPSA) is 71.3 Å². The molecule has 1 N–H and O–H groups in total. The van der Waals surface area contributed by atoms with Crippen molar-refractivity contribution in [3.8, 4) is 0 Å². The van der Waals surface area contributed by atoms with Crippen LogP contribution in [0.5, 0.6) is 0 Å². The van der Waals surface area contributed by atoms with E-state index < -0.39 is 0 Å². The first kappa shape index (κ1) is 16.0. The van der Waals surface area contributed by atoms with Crippen LogP contribution < -0.4 is 10.2 Å². The number of hydrogen-bond acceptors (Lipinski definition) is 5. The van der Waals surface area contributed by atoms with Crippen molar-refractivity contribution in [1.82, 2.24) is 15.5 Å². The summed E-state index contributed by atoms with van der Waals surface area (Å²) in [6.07, 6.45) is 1.04. The number of rotatable bonds is 5. The number of para-hydroxylation sites is 1. The van der Waals surface area contributed by atoms with E-state index in [1.165, 1.54) is 0 Å². The molecule has 1 aliphatic heterocycles. The number of anilines is 1. The molecule has 1 aromatic heterocycles. The van der Waals surface area contributed by atoms with Gasteiger partial charge in [0.05, 0.1) is 16.6 Å².